The average Bonchev–Trinajstić information content (AvgIpc) is 3.34. The number of aryl methyl sites for hydroxylation is 2. The number of thioether (sulfide) groups is 1. The maximum atomic E-state index is 12.8. The standard InChI is InChI=1S/C19H22N4O4S/c24-17-7-11-10-28-6-5-13(11)21-23(17)15-9-26-8-14(15)20-19(25)18-12-3-1-2-4-16(12)27-22-18/h7,14-15H,1-6,8-10H2,(H,20,25). The van der Waals surface area contributed by atoms with Crippen molar-refractivity contribution in [1.29, 1.82) is 0 Å². The topological polar surface area (TPSA) is 99.2 Å². The summed E-state index contributed by atoms with van der Waals surface area (Å²) in [6.45, 7) is 0.694. The van der Waals surface area contributed by atoms with Crippen molar-refractivity contribution in [2.45, 2.75) is 49.9 Å². The summed E-state index contributed by atoms with van der Waals surface area (Å²) >= 11 is 1.82. The Morgan fingerprint density at radius 2 is 2.14 bits per heavy atom. The van der Waals surface area contributed by atoms with Crippen molar-refractivity contribution in [2.75, 3.05) is 19.0 Å². The highest BCUT2D eigenvalue weighted by atomic mass is 32.2. The highest BCUT2D eigenvalue weighted by Crippen LogP contribution is 2.26. The van der Waals surface area contributed by atoms with E-state index >= 15 is 0 Å². The molecule has 0 radical (unpaired) electrons. The zero-order valence-corrected chi connectivity index (χ0v) is 16.3. The summed E-state index contributed by atoms with van der Waals surface area (Å²) in [6, 6.07) is 1.03. The number of aromatic nitrogens is 3. The molecule has 0 aromatic carbocycles. The van der Waals surface area contributed by atoms with Crippen LogP contribution in [0.25, 0.3) is 0 Å². The highest BCUT2D eigenvalue weighted by molar-refractivity contribution is 7.98. The minimum absolute atomic E-state index is 0.144. The fourth-order valence-electron chi connectivity index (χ4n) is 4.19. The average molecular weight is 402 g/mol. The molecule has 3 aliphatic rings. The van der Waals surface area contributed by atoms with Gasteiger partial charge in [-0.05, 0) is 30.6 Å². The van der Waals surface area contributed by atoms with Crippen LogP contribution in [0.3, 0.4) is 0 Å². The number of hydrogen-bond donors (Lipinski definition) is 1. The van der Waals surface area contributed by atoms with E-state index in [-0.39, 0.29) is 23.6 Å². The molecule has 1 aliphatic carbocycles. The summed E-state index contributed by atoms with van der Waals surface area (Å²) in [6.07, 6.45) is 4.60. The molecular formula is C19H22N4O4S. The Kier molecular flexibility index (Phi) is 4.72. The summed E-state index contributed by atoms with van der Waals surface area (Å²) in [5.41, 5.74) is 3.13. The van der Waals surface area contributed by atoms with Crippen LogP contribution >= 0.6 is 11.8 Å². The lowest BCUT2D eigenvalue weighted by atomic mass is 9.96. The van der Waals surface area contributed by atoms with Crippen LogP contribution in [0.4, 0.5) is 0 Å². The number of hydrogen-bond acceptors (Lipinski definition) is 7. The number of ether oxygens (including phenoxy) is 1. The number of nitrogens with zero attached hydrogens (tertiary/aromatic N) is 3. The smallest absolute Gasteiger partial charge is 0.274 e. The van der Waals surface area contributed by atoms with Crippen LogP contribution in [0.5, 0.6) is 0 Å². The maximum Gasteiger partial charge on any atom is 0.274 e. The lowest BCUT2D eigenvalue weighted by Crippen LogP contribution is -2.44. The van der Waals surface area contributed by atoms with E-state index in [1.54, 1.807) is 6.07 Å². The summed E-state index contributed by atoms with van der Waals surface area (Å²) in [5, 5.41) is 11.6. The van der Waals surface area contributed by atoms with Gasteiger partial charge in [0.2, 0.25) is 0 Å². The van der Waals surface area contributed by atoms with Crippen LogP contribution in [0.1, 0.15) is 52.0 Å². The van der Waals surface area contributed by atoms with Crippen LogP contribution in [0, 0.1) is 0 Å². The fraction of sp³-hybridized carbons (Fsp3) is 0.579. The van der Waals surface area contributed by atoms with E-state index in [0.29, 0.717) is 18.9 Å². The van der Waals surface area contributed by atoms with Gasteiger partial charge in [-0.25, -0.2) is 4.68 Å². The number of carbonyl (C=O) groups is 1. The molecule has 5 rings (SSSR count). The largest absolute Gasteiger partial charge is 0.377 e. The molecule has 148 valence electrons. The predicted molar refractivity (Wildman–Crippen MR) is 103 cm³/mol. The number of rotatable bonds is 3. The number of amides is 1. The second kappa shape index (κ2) is 7.36. The van der Waals surface area contributed by atoms with Gasteiger partial charge >= 0.3 is 0 Å². The molecule has 28 heavy (non-hydrogen) atoms. The predicted octanol–water partition coefficient (Wildman–Crippen LogP) is 1.27. The van der Waals surface area contributed by atoms with Crippen LogP contribution in [0.2, 0.25) is 0 Å². The first-order valence-corrected chi connectivity index (χ1v) is 10.9. The Bertz CT molecular complexity index is 969. The van der Waals surface area contributed by atoms with Gasteiger partial charge in [0.15, 0.2) is 5.69 Å². The number of nitrogens with one attached hydrogen (secondary N) is 1. The second-order valence-corrected chi connectivity index (χ2v) is 8.63. The van der Waals surface area contributed by atoms with Gasteiger partial charge in [0.05, 0.1) is 24.9 Å². The minimum atomic E-state index is -0.329. The molecular weight excluding hydrogens is 380 g/mol. The molecule has 2 aromatic rings. The summed E-state index contributed by atoms with van der Waals surface area (Å²) in [4.78, 5) is 25.5. The zero-order valence-electron chi connectivity index (χ0n) is 15.5. The molecule has 2 unspecified atom stereocenters. The van der Waals surface area contributed by atoms with Crippen molar-refractivity contribution in [3.63, 3.8) is 0 Å². The van der Waals surface area contributed by atoms with Gasteiger partial charge in [-0.1, -0.05) is 5.16 Å². The van der Waals surface area contributed by atoms with Crippen molar-refractivity contribution in [3.8, 4) is 0 Å². The van der Waals surface area contributed by atoms with Gasteiger partial charge in [-0.3, -0.25) is 9.59 Å². The molecule has 8 nitrogen and oxygen atoms in total. The van der Waals surface area contributed by atoms with E-state index < -0.39 is 0 Å². The van der Waals surface area contributed by atoms with Gasteiger partial charge in [0.1, 0.15) is 11.8 Å². The molecule has 9 heteroatoms. The molecule has 1 N–H and O–H groups in total. The van der Waals surface area contributed by atoms with Crippen molar-refractivity contribution >= 4 is 17.7 Å². The van der Waals surface area contributed by atoms with E-state index in [4.69, 9.17) is 9.26 Å². The van der Waals surface area contributed by atoms with Gasteiger partial charge in [0.25, 0.3) is 11.5 Å². The summed E-state index contributed by atoms with van der Waals surface area (Å²) in [5.74, 6) is 2.39. The van der Waals surface area contributed by atoms with Crippen LogP contribution < -0.4 is 10.9 Å². The quantitative estimate of drug-likeness (QED) is 0.825. The van der Waals surface area contributed by atoms with Gasteiger partial charge < -0.3 is 14.6 Å². The Balaban J connectivity index is 1.38. The normalized spacial score (nSPS) is 23.9. The lowest BCUT2D eigenvalue weighted by Gasteiger charge is -2.22. The first-order valence-electron chi connectivity index (χ1n) is 9.76. The molecule has 2 aromatic heterocycles. The molecule has 4 heterocycles. The number of fused-ring (bicyclic) bond motifs is 2. The van der Waals surface area contributed by atoms with Gasteiger partial charge in [-0.2, -0.15) is 16.9 Å². The van der Waals surface area contributed by atoms with E-state index in [1.807, 2.05) is 11.8 Å². The van der Waals surface area contributed by atoms with E-state index in [2.05, 4.69) is 15.6 Å². The summed E-state index contributed by atoms with van der Waals surface area (Å²) < 4.78 is 12.4. The van der Waals surface area contributed by atoms with Crippen molar-refractivity contribution in [1.82, 2.24) is 20.3 Å². The second-order valence-electron chi connectivity index (χ2n) is 7.53. The third-order valence-electron chi connectivity index (χ3n) is 5.71. The zero-order chi connectivity index (χ0) is 19.1. The highest BCUT2D eigenvalue weighted by Gasteiger charge is 2.35. The maximum absolute atomic E-state index is 12.8. The Hall–Kier alpha value is -2.13. The molecule has 0 spiro atoms. The lowest BCUT2D eigenvalue weighted by molar-refractivity contribution is 0.0914. The SMILES string of the molecule is O=C(NC1COCC1n1nc2c(cc1=O)CSCC2)c1noc2c1CCCC2. The monoisotopic (exact) mass is 402 g/mol. The minimum Gasteiger partial charge on any atom is -0.377 e. The molecule has 1 saturated heterocycles. The third kappa shape index (κ3) is 3.16. The van der Waals surface area contributed by atoms with E-state index in [1.165, 1.54) is 4.68 Å². The molecule has 0 bridgehead atoms. The Labute approximate surface area is 166 Å². The summed E-state index contributed by atoms with van der Waals surface area (Å²) in [7, 11) is 0. The van der Waals surface area contributed by atoms with Crippen LogP contribution in [-0.4, -0.2) is 45.9 Å². The molecule has 1 fully saturated rings. The third-order valence-corrected chi connectivity index (χ3v) is 6.72. The molecule has 2 atom stereocenters. The first-order chi connectivity index (χ1) is 13.7. The molecule has 1 amide bonds. The first kappa shape index (κ1) is 17.9. The van der Waals surface area contributed by atoms with Crippen LogP contribution in [0.15, 0.2) is 15.4 Å². The van der Waals surface area contributed by atoms with Gasteiger partial charge in [-0.15, -0.1) is 0 Å². The van der Waals surface area contributed by atoms with E-state index in [0.717, 1.165) is 66.2 Å². The molecule has 0 saturated carbocycles. The Morgan fingerprint density at radius 3 is 3.07 bits per heavy atom. The van der Waals surface area contributed by atoms with Crippen molar-refractivity contribution < 1.29 is 14.1 Å². The van der Waals surface area contributed by atoms with Crippen molar-refractivity contribution in [2.24, 2.45) is 0 Å². The van der Waals surface area contributed by atoms with Crippen molar-refractivity contribution in [3.05, 3.63) is 44.7 Å². The van der Waals surface area contributed by atoms with Crippen LogP contribution in [-0.2, 0) is 29.8 Å². The van der Waals surface area contributed by atoms with Gasteiger partial charge in [0, 0.05) is 30.2 Å². The fourth-order valence-corrected chi connectivity index (χ4v) is 5.14. The van der Waals surface area contributed by atoms with E-state index in [9.17, 15) is 9.59 Å². The Morgan fingerprint density at radius 1 is 1.25 bits per heavy atom. The number of carbonyl (C=O) groups excluding carboxylic acids is 1. The molecule has 2 aliphatic heterocycles.